The van der Waals surface area contributed by atoms with E-state index in [1.165, 1.54) is 6.92 Å². The predicted octanol–water partition coefficient (Wildman–Crippen LogP) is 1.39. The lowest BCUT2D eigenvalue weighted by atomic mass is 9.60. The van der Waals surface area contributed by atoms with Gasteiger partial charge in [-0.25, -0.2) is 0 Å². The molecule has 0 aromatic rings. The maximum atomic E-state index is 12.8. The number of ether oxygens (including phenoxy) is 1. The third kappa shape index (κ3) is 2.09. The van der Waals surface area contributed by atoms with Crippen molar-refractivity contribution in [1.29, 1.82) is 0 Å². The highest BCUT2D eigenvalue weighted by atomic mass is 16.6. The van der Waals surface area contributed by atoms with Crippen LogP contribution in [-0.2, 0) is 14.3 Å². The molecule has 0 aliphatic heterocycles. The van der Waals surface area contributed by atoms with Gasteiger partial charge >= 0.3 is 5.97 Å². The smallest absolute Gasteiger partial charge is 0.303 e. The minimum atomic E-state index is -1.36. The molecule has 154 valence electrons. The van der Waals surface area contributed by atoms with Crippen LogP contribution < -0.4 is 0 Å². The van der Waals surface area contributed by atoms with Crippen LogP contribution in [0.2, 0.25) is 0 Å². The second-order valence-corrected chi connectivity index (χ2v) is 9.77. The van der Waals surface area contributed by atoms with Crippen LogP contribution in [0.5, 0.6) is 0 Å². The molecule has 0 unspecified atom stereocenters. The van der Waals surface area contributed by atoms with E-state index in [0.717, 1.165) is 5.57 Å². The zero-order chi connectivity index (χ0) is 20.8. The van der Waals surface area contributed by atoms with Crippen molar-refractivity contribution < 1.29 is 29.6 Å². The molecule has 0 aromatic heterocycles. The minimum Gasteiger partial charge on any atom is -0.456 e. The van der Waals surface area contributed by atoms with E-state index in [2.05, 4.69) is 0 Å². The molecule has 28 heavy (non-hydrogen) atoms. The fraction of sp³-hybridized carbons (Fsp3) is 0.727. The monoisotopic (exact) mass is 390 g/mol. The lowest BCUT2D eigenvalue weighted by molar-refractivity contribution is -0.207. The van der Waals surface area contributed by atoms with Gasteiger partial charge in [0.25, 0.3) is 0 Å². The average Bonchev–Trinajstić information content (AvgIpc) is 3.01. The summed E-state index contributed by atoms with van der Waals surface area (Å²) in [7, 11) is 0. The number of hydrogen-bond donors (Lipinski definition) is 3. The van der Waals surface area contributed by atoms with E-state index < -0.39 is 52.4 Å². The van der Waals surface area contributed by atoms with E-state index in [0.29, 0.717) is 12.0 Å². The second-order valence-electron chi connectivity index (χ2n) is 9.77. The van der Waals surface area contributed by atoms with Crippen molar-refractivity contribution in [3.63, 3.8) is 0 Å². The van der Waals surface area contributed by atoms with Crippen LogP contribution >= 0.6 is 0 Å². The highest BCUT2D eigenvalue weighted by Gasteiger charge is 2.86. The fourth-order valence-electron chi connectivity index (χ4n) is 6.84. The number of aliphatic hydroxyl groups is 3. The van der Waals surface area contributed by atoms with Gasteiger partial charge in [-0.2, -0.15) is 0 Å². The molecule has 6 heteroatoms. The quantitative estimate of drug-likeness (QED) is 0.486. The van der Waals surface area contributed by atoms with Crippen molar-refractivity contribution >= 4 is 11.8 Å². The van der Waals surface area contributed by atoms with Crippen LogP contribution in [0.1, 0.15) is 41.0 Å². The third-order valence-electron chi connectivity index (χ3n) is 8.23. The Labute approximate surface area is 165 Å². The molecule has 6 nitrogen and oxygen atoms in total. The standard InChI is InChI=1S/C22H30O6/c1-10-6-15-14(17(10)25)7-13(9-23)8-16-18-20(4,5)22(18,28-12(3)24)19(26)11(2)21(15,16)27/h6,8,11,14-16,18-19,23,26-27H,7,9H2,1-5H3/t11-,14-,15-,16-,18-,19-,21-,22-/m1/s1. The number of rotatable bonds is 2. The molecule has 0 bridgehead atoms. The summed E-state index contributed by atoms with van der Waals surface area (Å²) in [6.07, 6.45) is 3.07. The molecule has 4 aliphatic rings. The van der Waals surface area contributed by atoms with Gasteiger partial charge in [-0.1, -0.05) is 32.9 Å². The molecule has 0 saturated heterocycles. The number of carbonyl (C=O) groups is 2. The van der Waals surface area contributed by atoms with Gasteiger partial charge in [-0.15, -0.1) is 0 Å². The van der Waals surface area contributed by atoms with Gasteiger partial charge in [0.15, 0.2) is 5.78 Å². The van der Waals surface area contributed by atoms with Crippen LogP contribution in [0.3, 0.4) is 0 Å². The first-order chi connectivity index (χ1) is 12.9. The summed E-state index contributed by atoms with van der Waals surface area (Å²) in [6.45, 7) is 8.56. The maximum absolute atomic E-state index is 12.8. The summed E-state index contributed by atoms with van der Waals surface area (Å²) in [6, 6.07) is 0. The summed E-state index contributed by atoms with van der Waals surface area (Å²) in [4.78, 5) is 24.6. The molecule has 4 rings (SSSR count). The molecule has 0 heterocycles. The van der Waals surface area contributed by atoms with Crippen molar-refractivity contribution in [3.05, 3.63) is 23.3 Å². The zero-order valence-electron chi connectivity index (χ0n) is 17.1. The highest BCUT2D eigenvalue weighted by Crippen LogP contribution is 2.76. The molecule has 0 amide bonds. The van der Waals surface area contributed by atoms with Crippen molar-refractivity contribution in [3.8, 4) is 0 Å². The maximum Gasteiger partial charge on any atom is 0.303 e. The van der Waals surface area contributed by atoms with Crippen LogP contribution in [-0.4, -0.2) is 51.0 Å². The molecular formula is C22H30O6. The number of Topliss-reactive ketones (excluding diaryl/α,β-unsaturated/α-hetero) is 1. The molecule has 2 fully saturated rings. The highest BCUT2D eigenvalue weighted by molar-refractivity contribution is 5.99. The molecule has 0 aromatic carbocycles. The molecule has 8 atom stereocenters. The fourth-order valence-corrected chi connectivity index (χ4v) is 6.84. The number of ketones is 1. The normalized spacial score (nSPS) is 48.5. The van der Waals surface area contributed by atoms with Gasteiger partial charge in [-0.05, 0) is 24.5 Å². The Morgan fingerprint density at radius 3 is 2.50 bits per heavy atom. The first-order valence-corrected chi connectivity index (χ1v) is 10.1. The number of hydrogen-bond acceptors (Lipinski definition) is 6. The summed E-state index contributed by atoms with van der Waals surface area (Å²) in [5, 5.41) is 33.3. The Bertz CT molecular complexity index is 810. The number of aliphatic hydroxyl groups excluding tert-OH is 2. The minimum absolute atomic E-state index is 0.00741. The van der Waals surface area contributed by atoms with Crippen molar-refractivity contribution in [1.82, 2.24) is 0 Å². The van der Waals surface area contributed by atoms with Gasteiger partial charge in [-0.3, -0.25) is 9.59 Å². The van der Waals surface area contributed by atoms with Crippen LogP contribution in [0.15, 0.2) is 23.3 Å². The predicted molar refractivity (Wildman–Crippen MR) is 101 cm³/mol. The Morgan fingerprint density at radius 2 is 1.93 bits per heavy atom. The lowest BCUT2D eigenvalue weighted by Crippen LogP contribution is -2.62. The number of esters is 1. The zero-order valence-corrected chi connectivity index (χ0v) is 17.1. The lowest BCUT2D eigenvalue weighted by Gasteiger charge is -2.51. The molecule has 2 saturated carbocycles. The number of fused-ring (bicyclic) bond motifs is 5. The van der Waals surface area contributed by atoms with Gasteiger partial charge in [0, 0.05) is 41.9 Å². The van der Waals surface area contributed by atoms with E-state index >= 15 is 0 Å². The van der Waals surface area contributed by atoms with E-state index in [1.54, 1.807) is 13.8 Å². The Hall–Kier alpha value is -1.50. The Kier molecular flexibility index (Phi) is 4.08. The van der Waals surface area contributed by atoms with Gasteiger partial charge < -0.3 is 20.1 Å². The van der Waals surface area contributed by atoms with Gasteiger partial charge in [0.1, 0.15) is 5.60 Å². The van der Waals surface area contributed by atoms with Crippen molar-refractivity contribution in [2.24, 2.45) is 35.0 Å². The first kappa shape index (κ1) is 19.8. The molecule has 3 N–H and O–H groups in total. The summed E-state index contributed by atoms with van der Waals surface area (Å²) in [5.74, 6) is -2.71. The molecule has 0 radical (unpaired) electrons. The molecular weight excluding hydrogens is 360 g/mol. The van der Waals surface area contributed by atoms with E-state index in [4.69, 9.17) is 4.74 Å². The van der Waals surface area contributed by atoms with Crippen molar-refractivity contribution in [2.45, 2.75) is 58.3 Å². The van der Waals surface area contributed by atoms with E-state index in [1.807, 2.05) is 26.0 Å². The Morgan fingerprint density at radius 1 is 1.29 bits per heavy atom. The van der Waals surface area contributed by atoms with Crippen LogP contribution in [0.25, 0.3) is 0 Å². The molecule has 4 aliphatic carbocycles. The second kappa shape index (κ2) is 5.77. The summed E-state index contributed by atoms with van der Waals surface area (Å²) < 4.78 is 5.73. The van der Waals surface area contributed by atoms with E-state index in [9.17, 15) is 24.9 Å². The Balaban J connectivity index is 1.90. The SMILES string of the molecule is CC(=O)O[C@@]12[C@H](O)[C@@H](C)[C@]3(O)[C@H](C=C(CO)C[C@H]4C(=O)C(C)=C[C@H]43)[C@@H]1C2(C)C. The summed E-state index contributed by atoms with van der Waals surface area (Å²) in [5.41, 5.74) is -1.64. The van der Waals surface area contributed by atoms with Crippen LogP contribution in [0.4, 0.5) is 0 Å². The van der Waals surface area contributed by atoms with Gasteiger partial charge in [0.2, 0.25) is 0 Å². The number of allylic oxidation sites excluding steroid dienone is 1. The van der Waals surface area contributed by atoms with Gasteiger partial charge in [0.05, 0.1) is 18.3 Å². The number of carbonyl (C=O) groups excluding carboxylic acids is 2. The summed E-state index contributed by atoms with van der Waals surface area (Å²) >= 11 is 0. The third-order valence-corrected chi connectivity index (χ3v) is 8.23. The molecule has 0 spiro atoms. The van der Waals surface area contributed by atoms with E-state index in [-0.39, 0.29) is 18.3 Å². The average molecular weight is 390 g/mol. The topological polar surface area (TPSA) is 104 Å². The largest absolute Gasteiger partial charge is 0.456 e. The first-order valence-electron chi connectivity index (χ1n) is 10.1. The van der Waals surface area contributed by atoms with Crippen molar-refractivity contribution in [2.75, 3.05) is 6.61 Å². The van der Waals surface area contributed by atoms with Crippen LogP contribution in [0, 0.1) is 35.0 Å².